The molecule has 7 nitrogen and oxygen atoms in total. The van der Waals surface area contributed by atoms with Gasteiger partial charge < -0.3 is 15.5 Å². The Morgan fingerprint density at radius 2 is 1.70 bits per heavy atom. The van der Waals surface area contributed by atoms with Crippen molar-refractivity contribution < 1.29 is 23.8 Å². The summed E-state index contributed by atoms with van der Waals surface area (Å²) in [6.07, 6.45) is 3.25. The van der Waals surface area contributed by atoms with E-state index in [4.69, 9.17) is 0 Å². The van der Waals surface area contributed by atoms with E-state index >= 15 is 0 Å². The highest BCUT2D eigenvalue weighted by atomic mass is 32.2. The molecule has 0 heterocycles. The molecule has 1 aliphatic rings. The summed E-state index contributed by atoms with van der Waals surface area (Å²) in [4.78, 5) is 0.0989. The van der Waals surface area contributed by atoms with Crippen molar-refractivity contribution in [1.82, 2.24) is 5.48 Å². The van der Waals surface area contributed by atoms with Gasteiger partial charge in [-0.05, 0) is 67.3 Å². The molecule has 5 N–H and O–H groups in total. The van der Waals surface area contributed by atoms with E-state index in [2.05, 4.69) is 5.32 Å². The fourth-order valence-corrected chi connectivity index (χ4v) is 5.32. The number of anilines is 1. The minimum atomic E-state index is -3.90. The van der Waals surface area contributed by atoms with E-state index in [1.54, 1.807) is 38.1 Å². The largest absolute Gasteiger partial charge is 0.494 e. The summed E-state index contributed by atoms with van der Waals surface area (Å²) < 4.78 is 26.5. The van der Waals surface area contributed by atoms with Crippen LogP contribution in [0.4, 0.5) is 5.69 Å². The predicted octanol–water partition coefficient (Wildman–Crippen LogP) is 4.42. The summed E-state index contributed by atoms with van der Waals surface area (Å²) in [5, 5.41) is 33.8. The number of sulfone groups is 1. The highest BCUT2D eigenvalue weighted by molar-refractivity contribution is 7.95. The Bertz CT molecular complexity index is 1270. The van der Waals surface area contributed by atoms with Crippen LogP contribution in [0.2, 0.25) is 0 Å². The Hall–Kier alpha value is -3.33. The molecular weight excluding hydrogens is 440 g/mol. The van der Waals surface area contributed by atoms with Gasteiger partial charge in [0.2, 0.25) is 9.84 Å². The molecule has 2 aromatic carbocycles. The first-order chi connectivity index (χ1) is 15.7. The van der Waals surface area contributed by atoms with E-state index in [9.17, 15) is 23.8 Å². The summed E-state index contributed by atoms with van der Waals surface area (Å²) in [5.74, 6) is -0.231. The van der Waals surface area contributed by atoms with Gasteiger partial charge in [0.05, 0.1) is 15.5 Å². The number of aliphatic hydroxyl groups excluding tert-OH is 2. The number of nitrogens with one attached hydrogen (secondary N) is 2. The van der Waals surface area contributed by atoms with Gasteiger partial charge >= 0.3 is 0 Å². The number of hydrogen-bond acceptors (Lipinski definition) is 7. The zero-order valence-electron chi connectivity index (χ0n) is 18.7. The molecule has 1 aliphatic carbocycles. The van der Waals surface area contributed by atoms with Crippen molar-refractivity contribution >= 4 is 15.5 Å². The first kappa shape index (κ1) is 24.3. The summed E-state index contributed by atoms with van der Waals surface area (Å²) in [7, 11) is -3.90. The third-order valence-corrected chi connectivity index (χ3v) is 7.29. The van der Waals surface area contributed by atoms with Crippen LogP contribution >= 0.6 is 0 Å². The van der Waals surface area contributed by atoms with Crippen molar-refractivity contribution in [2.75, 3.05) is 5.32 Å². The second-order valence-corrected chi connectivity index (χ2v) is 9.75. The number of benzene rings is 2. The minimum absolute atomic E-state index is 0.0202. The lowest BCUT2D eigenvalue weighted by Crippen LogP contribution is -2.21. The van der Waals surface area contributed by atoms with Gasteiger partial charge in [0, 0.05) is 11.3 Å². The Balaban J connectivity index is 1.98. The molecule has 174 valence electrons. The Morgan fingerprint density at radius 3 is 2.27 bits per heavy atom. The van der Waals surface area contributed by atoms with Crippen molar-refractivity contribution in [3.05, 3.63) is 106 Å². The van der Waals surface area contributed by atoms with Crippen molar-refractivity contribution in [2.24, 2.45) is 0 Å². The molecule has 0 aliphatic heterocycles. The standard InChI is InChI=1S/C25H28N2O5S/c1-4-23(33(31,32)20-10-6-8-17(3)14-20)24(27-30)18-11-12-21(22(28)15-18)25(29)26-19-9-5-7-16(2)13-19/h5-15,22,26-30H,4H2,1-3H3. The van der Waals surface area contributed by atoms with Crippen LogP contribution in [0, 0.1) is 13.8 Å². The van der Waals surface area contributed by atoms with Crippen LogP contribution in [0.5, 0.6) is 0 Å². The summed E-state index contributed by atoms with van der Waals surface area (Å²) in [6.45, 7) is 5.39. The molecule has 0 aromatic heterocycles. The van der Waals surface area contributed by atoms with Crippen LogP contribution in [-0.4, -0.2) is 29.9 Å². The predicted molar refractivity (Wildman–Crippen MR) is 128 cm³/mol. The molecule has 0 amide bonds. The Labute approximate surface area is 194 Å². The normalized spacial score (nSPS) is 18.3. The number of aryl methyl sites for hydroxylation is 2. The van der Waals surface area contributed by atoms with Gasteiger partial charge in [0.1, 0.15) is 6.10 Å². The molecule has 2 aromatic rings. The molecule has 0 bridgehead atoms. The average molecular weight is 469 g/mol. The van der Waals surface area contributed by atoms with Crippen LogP contribution < -0.4 is 10.8 Å². The van der Waals surface area contributed by atoms with E-state index in [0.29, 0.717) is 5.69 Å². The molecule has 0 saturated heterocycles. The molecule has 1 atom stereocenters. The van der Waals surface area contributed by atoms with E-state index in [1.165, 1.54) is 24.3 Å². The van der Waals surface area contributed by atoms with Crippen LogP contribution in [0.1, 0.15) is 24.5 Å². The van der Waals surface area contributed by atoms with Crippen molar-refractivity contribution in [3.63, 3.8) is 0 Å². The molecule has 0 fully saturated rings. The first-order valence-electron chi connectivity index (χ1n) is 10.5. The lowest BCUT2D eigenvalue weighted by Gasteiger charge is -2.21. The van der Waals surface area contributed by atoms with E-state index in [0.717, 1.165) is 11.1 Å². The van der Waals surface area contributed by atoms with Crippen molar-refractivity contribution in [2.45, 2.75) is 38.2 Å². The Kier molecular flexibility index (Phi) is 7.43. The van der Waals surface area contributed by atoms with E-state index in [-0.39, 0.29) is 38.9 Å². The zero-order valence-corrected chi connectivity index (χ0v) is 19.5. The number of allylic oxidation sites excluding steroid dienone is 2. The smallest absolute Gasteiger partial charge is 0.204 e. The quantitative estimate of drug-likeness (QED) is 0.302. The first-order valence-corrected chi connectivity index (χ1v) is 12.0. The average Bonchev–Trinajstić information content (AvgIpc) is 2.77. The molecule has 0 spiro atoms. The molecule has 8 heteroatoms. The van der Waals surface area contributed by atoms with Crippen LogP contribution in [0.15, 0.2) is 99.3 Å². The van der Waals surface area contributed by atoms with Gasteiger partial charge in [-0.25, -0.2) is 8.42 Å². The van der Waals surface area contributed by atoms with Crippen molar-refractivity contribution in [3.8, 4) is 0 Å². The fourth-order valence-electron chi connectivity index (χ4n) is 3.62. The SMILES string of the molecule is CCC(=C(NO)C1=CC(O)C(=C(O)Nc2cccc(C)c2)C=C1)S(=O)(=O)c1cccc(C)c1. The number of rotatable bonds is 7. The number of hydrogen-bond donors (Lipinski definition) is 5. The van der Waals surface area contributed by atoms with Gasteiger partial charge in [0.25, 0.3) is 0 Å². The lowest BCUT2D eigenvalue weighted by atomic mass is 9.97. The number of aliphatic hydroxyl groups is 2. The monoisotopic (exact) mass is 468 g/mol. The van der Waals surface area contributed by atoms with Gasteiger partial charge in [-0.1, -0.05) is 43.3 Å². The second-order valence-electron chi connectivity index (χ2n) is 7.78. The van der Waals surface area contributed by atoms with E-state index in [1.807, 2.05) is 30.6 Å². The van der Waals surface area contributed by atoms with E-state index < -0.39 is 15.9 Å². The Morgan fingerprint density at radius 1 is 1.03 bits per heavy atom. The minimum Gasteiger partial charge on any atom is -0.494 e. The van der Waals surface area contributed by atoms with Crippen molar-refractivity contribution in [1.29, 1.82) is 0 Å². The van der Waals surface area contributed by atoms with Crippen LogP contribution in [0.3, 0.4) is 0 Å². The van der Waals surface area contributed by atoms with Gasteiger partial charge in [-0.2, -0.15) is 0 Å². The summed E-state index contributed by atoms with van der Waals surface area (Å²) in [6, 6.07) is 13.9. The summed E-state index contributed by atoms with van der Waals surface area (Å²) in [5.41, 5.74) is 4.92. The maximum Gasteiger partial charge on any atom is 0.204 e. The molecular formula is C25H28N2O5S. The lowest BCUT2D eigenvalue weighted by molar-refractivity contribution is 0.202. The molecule has 3 rings (SSSR count). The molecule has 0 saturated carbocycles. The topological polar surface area (TPSA) is 119 Å². The molecule has 33 heavy (non-hydrogen) atoms. The third kappa shape index (κ3) is 5.36. The molecule has 1 unspecified atom stereocenters. The summed E-state index contributed by atoms with van der Waals surface area (Å²) >= 11 is 0. The third-order valence-electron chi connectivity index (χ3n) is 5.28. The zero-order chi connectivity index (χ0) is 24.2. The molecule has 0 radical (unpaired) electrons. The maximum absolute atomic E-state index is 13.3. The van der Waals surface area contributed by atoms with Gasteiger partial charge in [0.15, 0.2) is 5.88 Å². The highest BCUT2D eigenvalue weighted by Crippen LogP contribution is 2.30. The van der Waals surface area contributed by atoms with Gasteiger partial charge in [-0.15, -0.1) is 0 Å². The number of hydroxylamine groups is 1. The van der Waals surface area contributed by atoms with Crippen LogP contribution in [0.25, 0.3) is 0 Å². The highest BCUT2D eigenvalue weighted by Gasteiger charge is 2.26. The fraction of sp³-hybridized carbons (Fsp3) is 0.200. The maximum atomic E-state index is 13.3. The van der Waals surface area contributed by atoms with Gasteiger partial charge in [-0.3, -0.25) is 10.7 Å². The second kappa shape index (κ2) is 10.1. The van der Waals surface area contributed by atoms with Crippen LogP contribution in [-0.2, 0) is 9.84 Å².